The number of fused-ring (bicyclic) bond motifs is 2. The van der Waals surface area contributed by atoms with Gasteiger partial charge in [0.1, 0.15) is 11.9 Å². The Morgan fingerprint density at radius 2 is 2.10 bits per heavy atom. The molecule has 164 valence electrons. The number of nitrogens with zero attached hydrogens (tertiary/aromatic N) is 2. The molecule has 31 heavy (non-hydrogen) atoms. The summed E-state index contributed by atoms with van der Waals surface area (Å²) < 4.78 is 34.9. The molecule has 8 heteroatoms. The van der Waals surface area contributed by atoms with Crippen LogP contribution in [-0.2, 0) is 29.9 Å². The Balaban J connectivity index is 1.62. The molecule has 0 radical (unpaired) electrons. The lowest BCUT2D eigenvalue weighted by molar-refractivity contribution is -0.128. The molecule has 0 spiro atoms. The van der Waals surface area contributed by atoms with Gasteiger partial charge in [-0.1, -0.05) is 48.7 Å². The van der Waals surface area contributed by atoms with E-state index in [0.29, 0.717) is 29.1 Å². The molecule has 4 rings (SSSR count). The van der Waals surface area contributed by atoms with Gasteiger partial charge in [-0.2, -0.15) is 13.7 Å². The van der Waals surface area contributed by atoms with Crippen LogP contribution < -0.4 is 0 Å². The number of aryl methyl sites for hydroxylation is 1. The number of Topliss-reactive ketones (excluding diaryl/α,β-unsaturated/α-hetero) is 1. The third kappa shape index (κ3) is 3.63. The molecule has 0 N–H and O–H groups in total. The first-order valence-electron chi connectivity index (χ1n) is 10.3. The quantitative estimate of drug-likeness (QED) is 0.485. The minimum atomic E-state index is -4.04. The van der Waals surface area contributed by atoms with E-state index < -0.39 is 26.2 Å². The molecule has 0 aromatic heterocycles. The number of nitriles is 1. The van der Waals surface area contributed by atoms with Crippen molar-refractivity contribution < 1.29 is 17.5 Å². The molecule has 3 unspecified atom stereocenters. The molecule has 1 aliphatic heterocycles. The van der Waals surface area contributed by atoms with Gasteiger partial charge in [0.05, 0.1) is 16.7 Å². The fourth-order valence-electron chi connectivity index (χ4n) is 5.31. The van der Waals surface area contributed by atoms with Crippen molar-refractivity contribution in [1.82, 2.24) is 0 Å². The monoisotopic (exact) mass is 458 g/mol. The molecule has 6 nitrogen and oxygen atoms in total. The molecule has 1 aromatic rings. The van der Waals surface area contributed by atoms with E-state index in [9.17, 15) is 18.5 Å². The Labute approximate surface area is 186 Å². The number of benzene rings is 1. The van der Waals surface area contributed by atoms with Crippen LogP contribution in [0.15, 0.2) is 45.8 Å². The Kier molecular flexibility index (Phi) is 5.57. The first-order chi connectivity index (χ1) is 14.6. The normalized spacial score (nSPS) is 30.7. The highest BCUT2D eigenvalue weighted by Crippen LogP contribution is 2.64. The van der Waals surface area contributed by atoms with Crippen molar-refractivity contribution in [1.29, 1.82) is 5.26 Å². The minimum absolute atomic E-state index is 0.0258. The van der Waals surface area contributed by atoms with E-state index in [1.54, 1.807) is 0 Å². The molecule has 3 atom stereocenters. The van der Waals surface area contributed by atoms with E-state index in [1.807, 2.05) is 57.2 Å². The fraction of sp³-hybridized carbons (Fsp3) is 0.478. The van der Waals surface area contributed by atoms with Crippen molar-refractivity contribution in [2.24, 2.45) is 21.3 Å². The number of hydrogen-bond acceptors (Lipinski definition) is 6. The lowest BCUT2D eigenvalue weighted by Crippen LogP contribution is -2.42. The topological polar surface area (TPSA) is 96.6 Å². The van der Waals surface area contributed by atoms with Gasteiger partial charge < -0.3 is 0 Å². The van der Waals surface area contributed by atoms with Crippen molar-refractivity contribution in [2.75, 3.05) is 11.5 Å². The summed E-state index contributed by atoms with van der Waals surface area (Å²) in [7, 11) is -4.94. The maximum Gasteiger partial charge on any atom is 0.291 e. The van der Waals surface area contributed by atoms with Gasteiger partial charge in [0, 0.05) is 17.1 Å². The second-order valence-corrected chi connectivity index (χ2v) is 12.3. The molecule has 2 bridgehead atoms. The molecule has 2 saturated carbocycles. The zero-order valence-electron chi connectivity index (χ0n) is 17.9. The van der Waals surface area contributed by atoms with E-state index in [-0.39, 0.29) is 22.9 Å². The number of rotatable bonds is 5. The van der Waals surface area contributed by atoms with Gasteiger partial charge >= 0.3 is 0 Å². The first kappa shape index (κ1) is 22.1. The average molecular weight is 459 g/mol. The Morgan fingerprint density at radius 3 is 2.71 bits per heavy atom. The van der Waals surface area contributed by atoms with Crippen LogP contribution in [-0.4, -0.2) is 25.7 Å². The van der Waals surface area contributed by atoms with Gasteiger partial charge in [-0.3, -0.25) is 4.79 Å². The smallest absolute Gasteiger partial charge is 0.291 e. The summed E-state index contributed by atoms with van der Waals surface area (Å²) in [6.45, 7) is 5.91. The van der Waals surface area contributed by atoms with Crippen molar-refractivity contribution in [3.05, 3.63) is 52.4 Å². The van der Waals surface area contributed by atoms with Crippen molar-refractivity contribution in [2.45, 2.75) is 40.0 Å². The SMILES string of the molecule is Cc1ccccc1C(C#N)=C1C=CCS1=NOS(=O)(=O)CC12CCC(CC1=O)C2(C)C. The minimum Gasteiger partial charge on any atom is -0.299 e. The van der Waals surface area contributed by atoms with Crippen molar-refractivity contribution in [3.8, 4) is 6.07 Å². The molecule has 0 saturated heterocycles. The van der Waals surface area contributed by atoms with Gasteiger partial charge in [0.15, 0.2) is 0 Å². The van der Waals surface area contributed by atoms with Gasteiger partial charge in [-0.05, 0) is 59.0 Å². The van der Waals surface area contributed by atoms with Crippen molar-refractivity contribution >= 4 is 32.2 Å². The lowest BCUT2D eigenvalue weighted by Gasteiger charge is -2.35. The second-order valence-electron chi connectivity index (χ2n) is 9.12. The summed E-state index contributed by atoms with van der Waals surface area (Å²) >= 11 is 0. The van der Waals surface area contributed by atoms with Crippen LogP contribution in [0.1, 0.15) is 44.2 Å². The summed E-state index contributed by atoms with van der Waals surface area (Å²) in [4.78, 5) is 13.3. The first-order valence-corrected chi connectivity index (χ1v) is 13.3. The Hall–Kier alpha value is -2.08. The van der Waals surface area contributed by atoms with E-state index in [2.05, 4.69) is 10.6 Å². The molecule has 3 aliphatic rings. The summed E-state index contributed by atoms with van der Waals surface area (Å²) in [6, 6.07) is 9.82. The second kappa shape index (κ2) is 7.80. The van der Waals surface area contributed by atoms with E-state index in [4.69, 9.17) is 4.28 Å². The van der Waals surface area contributed by atoms with E-state index in [1.165, 1.54) is 0 Å². The van der Waals surface area contributed by atoms with Crippen LogP contribution in [0, 0.1) is 35.0 Å². The van der Waals surface area contributed by atoms with Crippen LogP contribution in [0.25, 0.3) is 5.57 Å². The summed E-state index contributed by atoms with van der Waals surface area (Å²) in [5.74, 6) is 0.408. The highest BCUT2D eigenvalue weighted by atomic mass is 32.2. The highest BCUT2D eigenvalue weighted by molar-refractivity contribution is 7.92. The number of ketones is 1. The van der Waals surface area contributed by atoms with Crippen LogP contribution in [0.3, 0.4) is 0 Å². The molecule has 1 aromatic carbocycles. The van der Waals surface area contributed by atoms with Crippen LogP contribution in [0.4, 0.5) is 0 Å². The fourth-order valence-corrected chi connectivity index (χ4v) is 8.55. The third-order valence-corrected chi connectivity index (χ3v) is 10.2. The largest absolute Gasteiger partial charge is 0.299 e. The standard InChI is InChI=1S/C23H26N2O4S2/c1-16-7-4-5-8-18(16)19(14-24)20-9-6-12-30(20)25-29-31(27,28)15-23-11-10-17(13-21(23)26)22(23,2)3/h4-9,17H,10-13,15H2,1-3H3. The van der Waals surface area contributed by atoms with Crippen LogP contribution >= 0.6 is 0 Å². The Bertz CT molecular complexity index is 1190. The maximum absolute atomic E-state index is 12.9. The summed E-state index contributed by atoms with van der Waals surface area (Å²) in [5, 5.41) is 9.78. The molecular weight excluding hydrogens is 432 g/mol. The van der Waals surface area contributed by atoms with Crippen molar-refractivity contribution in [3.63, 3.8) is 0 Å². The van der Waals surface area contributed by atoms with Crippen LogP contribution in [0.2, 0.25) is 0 Å². The zero-order chi connectivity index (χ0) is 22.4. The van der Waals surface area contributed by atoms with Crippen LogP contribution in [0.5, 0.6) is 0 Å². The predicted molar refractivity (Wildman–Crippen MR) is 121 cm³/mol. The number of hydrogen-bond donors (Lipinski definition) is 0. The van der Waals surface area contributed by atoms with Gasteiger partial charge in [-0.25, -0.2) is 0 Å². The molecule has 1 heterocycles. The van der Waals surface area contributed by atoms with Gasteiger partial charge in [-0.15, -0.1) is 4.28 Å². The number of carbonyl (C=O) groups excluding carboxylic acids is 1. The summed E-state index contributed by atoms with van der Waals surface area (Å²) in [5.41, 5.74) is 0.990. The molecule has 2 aliphatic carbocycles. The van der Waals surface area contributed by atoms with E-state index >= 15 is 0 Å². The third-order valence-electron chi connectivity index (χ3n) is 7.35. The van der Waals surface area contributed by atoms with E-state index in [0.717, 1.165) is 17.5 Å². The Morgan fingerprint density at radius 1 is 1.35 bits per heavy atom. The lowest BCUT2D eigenvalue weighted by atomic mass is 9.70. The summed E-state index contributed by atoms with van der Waals surface area (Å²) in [6.07, 6.45) is 5.59. The predicted octanol–water partition coefficient (Wildman–Crippen LogP) is 4.26. The number of carbonyl (C=O) groups is 1. The number of allylic oxidation sites excluding steroid dienone is 2. The highest BCUT2D eigenvalue weighted by Gasteiger charge is 2.65. The average Bonchev–Trinajstić information content (AvgIpc) is 3.31. The molecular formula is C23H26N2O4S2. The zero-order valence-corrected chi connectivity index (χ0v) is 19.6. The maximum atomic E-state index is 12.9. The molecule has 2 fully saturated rings. The molecule has 0 amide bonds. The van der Waals surface area contributed by atoms with Gasteiger partial charge in [0.2, 0.25) is 0 Å². The van der Waals surface area contributed by atoms with Gasteiger partial charge in [0.25, 0.3) is 10.1 Å².